The summed E-state index contributed by atoms with van der Waals surface area (Å²) < 4.78 is 11.0. The zero-order chi connectivity index (χ0) is 16.7. The first-order chi connectivity index (χ1) is 11.7. The lowest BCUT2D eigenvalue weighted by molar-refractivity contribution is -0.0809. The van der Waals surface area contributed by atoms with Crippen molar-refractivity contribution >= 4 is 16.7 Å². The number of methoxy groups -OCH3 is 1. The summed E-state index contributed by atoms with van der Waals surface area (Å²) in [7, 11) is 1.66. The lowest BCUT2D eigenvalue weighted by Crippen LogP contribution is -2.62. The average Bonchev–Trinajstić information content (AvgIpc) is 3.02. The highest BCUT2D eigenvalue weighted by molar-refractivity contribution is 6.06. The summed E-state index contributed by atoms with van der Waals surface area (Å²) in [4.78, 5) is 27.4. The molecule has 0 unspecified atom stereocenters. The molecule has 1 saturated heterocycles. The largest absolute Gasteiger partial charge is 0.384 e. The van der Waals surface area contributed by atoms with E-state index in [-0.39, 0.29) is 29.5 Å². The number of carbonyl (C=O) groups excluding carboxylic acids is 1. The Hall–Kier alpha value is -2.18. The Bertz CT molecular complexity index is 831. The molecule has 4 atom stereocenters. The van der Waals surface area contributed by atoms with Crippen LogP contribution in [0.2, 0.25) is 0 Å². The zero-order valence-electron chi connectivity index (χ0n) is 13.5. The molecule has 1 amide bonds. The number of amides is 1. The van der Waals surface area contributed by atoms with Crippen LogP contribution < -0.4 is 10.9 Å². The van der Waals surface area contributed by atoms with Gasteiger partial charge in [-0.15, -0.1) is 0 Å². The van der Waals surface area contributed by atoms with Crippen LogP contribution in [0.1, 0.15) is 16.8 Å². The number of benzene rings is 1. The molecular weight excluding hydrogens is 308 g/mol. The average molecular weight is 328 g/mol. The summed E-state index contributed by atoms with van der Waals surface area (Å²) >= 11 is 0. The second-order valence-corrected chi connectivity index (χ2v) is 6.48. The summed E-state index contributed by atoms with van der Waals surface area (Å²) in [5.41, 5.74) is 0.302. The van der Waals surface area contributed by atoms with Crippen LogP contribution >= 0.6 is 0 Å². The van der Waals surface area contributed by atoms with Gasteiger partial charge in [0.15, 0.2) is 0 Å². The van der Waals surface area contributed by atoms with E-state index in [1.807, 2.05) is 6.07 Å². The lowest BCUT2D eigenvalue weighted by Gasteiger charge is -2.47. The second-order valence-electron chi connectivity index (χ2n) is 6.48. The number of hydrogen-bond donors (Lipinski definition) is 2. The highest BCUT2D eigenvalue weighted by Gasteiger charge is 2.54. The first-order valence-electron chi connectivity index (χ1n) is 8.22. The van der Waals surface area contributed by atoms with E-state index in [1.165, 1.54) is 6.20 Å². The van der Waals surface area contributed by atoms with Crippen LogP contribution in [0.5, 0.6) is 0 Å². The lowest BCUT2D eigenvalue weighted by atomic mass is 9.67. The predicted octanol–water partition coefficient (Wildman–Crippen LogP) is 1.31. The van der Waals surface area contributed by atoms with Gasteiger partial charge in [0.25, 0.3) is 11.5 Å². The molecule has 1 aliphatic heterocycles. The molecule has 6 heteroatoms. The first kappa shape index (κ1) is 15.4. The summed E-state index contributed by atoms with van der Waals surface area (Å²) in [6.07, 6.45) is 2.64. The maximum absolute atomic E-state index is 12.8. The SMILES string of the molecule is COC[C@H]1[C@H](NC(=O)c2c[nH]c(=O)c3ccccc23)[C@H]2CCO[C@H]21. The fourth-order valence-electron chi connectivity index (χ4n) is 4.06. The van der Waals surface area contributed by atoms with Gasteiger partial charge in [0.1, 0.15) is 0 Å². The Balaban J connectivity index is 1.61. The number of aromatic nitrogens is 1. The second kappa shape index (κ2) is 6.03. The van der Waals surface area contributed by atoms with Crippen molar-refractivity contribution in [2.45, 2.75) is 18.6 Å². The van der Waals surface area contributed by atoms with Gasteiger partial charge in [-0.2, -0.15) is 0 Å². The Labute approximate surface area is 139 Å². The standard InChI is InChI=1S/C18H20N2O4/c1-23-9-14-15(12-6-7-24-16(12)14)20-18(22)13-8-19-17(21)11-5-3-2-4-10(11)13/h2-5,8,12,14-16H,6-7,9H2,1H3,(H,19,21)(H,20,22)/t12-,14+,15-,16-/m1/s1. The van der Waals surface area contributed by atoms with E-state index in [1.54, 1.807) is 25.3 Å². The molecule has 4 rings (SSSR count). The van der Waals surface area contributed by atoms with Gasteiger partial charge in [0.05, 0.1) is 18.3 Å². The molecule has 1 aromatic heterocycles. The third-order valence-corrected chi connectivity index (χ3v) is 5.24. The van der Waals surface area contributed by atoms with Gasteiger partial charge in [-0.3, -0.25) is 9.59 Å². The molecular formula is C18H20N2O4. The van der Waals surface area contributed by atoms with Crippen molar-refractivity contribution in [2.24, 2.45) is 11.8 Å². The molecule has 0 radical (unpaired) electrons. The van der Waals surface area contributed by atoms with Crippen molar-refractivity contribution in [3.8, 4) is 0 Å². The number of nitrogens with one attached hydrogen (secondary N) is 2. The van der Waals surface area contributed by atoms with Crippen molar-refractivity contribution in [1.29, 1.82) is 0 Å². The molecule has 126 valence electrons. The number of hydrogen-bond acceptors (Lipinski definition) is 4. The Morgan fingerprint density at radius 2 is 2.17 bits per heavy atom. The van der Waals surface area contributed by atoms with E-state index in [0.29, 0.717) is 28.9 Å². The summed E-state index contributed by atoms with van der Waals surface area (Å²) in [6, 6.07) is 7.20. The number of pyridine rings is 1. The van der Waals surface area contributed by atoms with Gasteiger partial charge in [0, 0.05) is 48.6 Å². The monoisotopic (exact) mass is 328 g/mol. The molecule has 2 fully saturated rings. The van der Waals surface area contributed by atoms with Crippen LogP contribution in [-0.2, 0) is 9.47 Å². The van der Waals surface area contributed by atoms with Crippen LogP contribution in [0.25, 0.3) is 10.8 Å². The molecule has 2 aromatic rings. The van der Waals surface area contributed by atoms with Crippen LogP contribution in [0.4, 0.5) is 0 Å². The highest BCUT2D eigenvalue weighted by atomic mass is 16.5. The summed E-state index contributed by atoms with van der Waals surface area (Å²) in [5.74, 6) is 0.363. The van der Waals surface area contributed by atoms with Crippen molar-refractivity contribution in [2.75, 3.05) is 20.3 Å². The Morgan fingerprint density at radius 1 is 1.38 bits per heavy atom. The Kier molecular flexibility index (Phi) is 3.86. The number of H-pyrrole nitrogens is 1. The molecule has 6 nitrogen and oxygen atoms in total. The molecule has 2 heterocycles. The van der Waals surface area contributed by atoms with Crippen LogP contribution in [0.3, 0.4) is 0 Å². The van der Waals surface area contributed by atoms with Gasteiger partial charge < -0.3 is 19.8 Å². The quantitative estimate of drug-likeness (QED) is 0.887. The van der Waals surface area contributed by atoms with E-state index < -0.39 is 0 Å². The minimum Gasteiger partial charge on any atom is -0.384 e. The number of carbonyl (C=O) groups is 1. The van der Waals surface area contributed by atoms with Gasteiger partial charge in [-0.25, -0.2) is 0 Å². The zero-order valence-corrected chi connectivity index (χ0v) is 13.5. The maximum atomic E-state index is 12.8. The molecule has 0 bridgehead atoms. The minimum absolute atomic E-state index is 0.0515. The van der Waals surface area contributed by atoms with Crippen molar-refractivity contribution in [3.63, 3.8) is 0 Å². The normalized spacial score (nSPS) is 28.4. The number of ether oxygens (including phenoxy) is 2. The number of rotatable bonds is 4. The first-order valence-corrected chi connectivity index (χ1v) is 8.22. The number of aromatic amines is 1. The van der Waals surface area contributed by atoms with Crippen molar-refractivity contribution < 1.29 is 14.3 Å². The molecule has 1 saturated carbocycles. The van der Waals surface area contributed by atoms with E-state index in [9.17, 15) is 9.59 Å². The molecule has 2 aliphatic rings. The molecule has 24 heavy (non-hydrogen) atoms. The fraction of sp³-hybridized carbons (Fsp3) is 0.444. The van der Waals surface area contributed by atoms with Gasteiger partial charge in [-0.05, 0) is 12.5 Å². The molecule has 1 aliphatic carbocycles. The molecule has 2 N–H and O–H groups in total. The minimum atomic E-state index is -0.188. The maximum Gasteiger partial charge on any atom is 0.255 e. The van der Waals surface area contributed by atoms with Crippen molar-refractivity contribution in [3.05, 3.63) is 46.4 Å². The third-order valence-electron chi connectivity index (χ3n) is 5.24. The van der Waals surface area contributed by atoms with E-state index in [2.05, 4.69) is 10.3 Å². The molecule has 1 aromatic carbocycles. The van der Waals surface area contributed by atoms with Gasteiger partial charge >= 0.3 is 0 Å². The smallest absolute Gasteiger partial charge is 0.255 e. The Morgan fingerprint density at radius 3 is 2.96 bits per heavy atom. The van der Waals surface area contributed by atoms with Gasteiger partial charge in [0.2, 0.25) is 0 Å². The predicted molar refractivity (Wildman–Crippen MR) is 89.0 cm³/mol. The van der Waals surface area contributed by atoms with Gasteiger partial charge in [-0.1, -0.05) is 18.2 Å². The van der Waals surface area contributed by atoms with Crippen LogP contribution in [0, 0.1) is 11.8 Å². The van der Waals surface area contributed by atoms with E-state index in [0.717, 1.165) is 13.0 Å². The topological polar surface area (TPSA) is 80.4 Å². The van der Waals surface area contributed by atoms with E-state index in [4.69, 9.17) is 9.47 Å². The summed E-state index contributed by atoms with van der Waals surface area (Å²) in [6.45, 7) is 1.31. The van der Waals surface area contributed by atoms with Crippen LogP contribution in [0.15, 0.2) is 35.3 Å². The van der Waals surface area contributed by atoms with Crippen molar-refractivity contribution in [1.82, 2.24) is 10.3 Å². The third kappa shape index (κ3) is 2.34. The molecule has 0 spiro atoms. The number of fused-ring (bicyclic) bond motifs is 2. The highest BCUT2D eigenvalue weighted by Crippen LogP contribution is 2.43. The fourth-order valence-corrected chi connectivity index (χ4v) is 4.06. The van der Waals surface area contributed by atoms with Crippen LogP contribution in [-0.4, -0.2) is 43.4 Å². The van der Waals surface area contributed by atoms with E-state index >= 15 is 0 Å². The summed E-state index contributed by atoms with van der Waals surface area (Å²) in [5, 5.41) is 4.32.